The van der Waals surface area contributed by atoms with Crippen LogP contribution in [0.5, 0.6) is 0 Å². The Morgan fingerprint density at radius 1 is 1.29 bits per heavy atom. The Labute approximate surface area is 135 Å². The quantitative estimate of drug-likeness (QED) is 0.667. The second kappa shape index (κ2) is 9.45. The standard InChI is InChI=1S/C18H30ClNO/c1-5-21-11-7-9-16(14-20-18(2,3)4)12-15-8-6-10-17(19)13-15/h6,8,10,13,16,20H,5,7,9,11-12,14H2,1-4H3. The maximum Gasteiger partial charge on any atom is 0.0466 e. The summed E-state index contributed by atoms with van der Waals surface area (Å²) in [5.74, 6) is 0.614. The van der Waals surface area contributed by atoms with Crippen molar-refractivity contribution in [2.45, 2.75) is 52.5 Å². The molecule has 0 aliphatic heterocycles. The highest BCUT2D eigenvalue weighted by Gasteiger charge is 2.15. The third-order valence-corrected chi connectivity index (χ3v) is 3.67. The molecule has 1 aromatic rings. The van der Waals surface area contributed by atoms with E-state index in [9.17, 15) is 0 Å². The highest BCUT2D eigenvalue weighted by Crippen LogP contribution is 2.18. The van der Waals surface area contributed by atoms with Crippen LogP contribution in [0.1, 0.15) is 46.1 Å². The van der Waals surface area contributed by atoms with Gasteiger partial charge >= 0.3 is 0 Å². The Bertz CT molecular complexity index is 400. The van der Waals surface area contributed by atoms with Crippen molar-refractivity contribution in [1.82, 2.24) is 5.32 Å². The zero-order chi connectivity index (χ0) is 15.7. The van der Waals surface area contributed by atoms with Crippen molar-refractivity contribution >= 4 is 11.6 Å². The number of hydrogen-bond donors (Lipinski definition) is 1. The summed E-state index contributed by atoms with van der Waals surface area (Å²) < 4.78 is 5.46. The van der Waals surface area contributed by atoms with Crippen LogP contribution in [-0.4, -0.2) is 25.3 Å². The van der Waals surface area contributed by atoms with Crippen molar-refractivity contribution in [3.05, 3.63) is 34.9 Å². The third kappa shape index (κ3) is 9.13. The lowest BCUT2D eigenvalue weighted by Crippen LogP contribution is -2.39. The first kappa shape index (κ1) is 18.5. The van der Waals surface area contributed by atoms with E-state index in [0.29, 0.717) is 5.92 Å². The first-order valence-corrected chi connectivity index (χ1v) is 8.35. The molecule has 1 rings (SSSR count). The summed E-state index contributed by atoms with van der Waals surface area (Å²) >= 11 is 6.09. The smallest absolute Gasteiger partial charge is 0.0466 e. The monoisotopic (exact) mass is 311 g/mol. The minimum Gasteiger partial charge on any atom is -0.382 e. The number of benzene rings is 1. The maximum absolute atomic E-state index is 6.09. The molecule has 0 saturated heterocycles. The minimum atomic E-state index is 0.159. The van der Waals surface area contributed by atoms with Crippen LogP contribution in [0.4, 0.5) is 0 Å². The summed E-state index contributed by atoms with van der Waals surface area (Å²) in [4.78, 5) is 0. The molecule has 21 heavy (non-hydrogen) atoms. The SMILES string of the molecule is CCOCCCC(CNC(C)(C)C)Cc1cccc(Cl)c1. The van der Waals surface area contributed by atoms with Crippen LogP contribution in [0.15, 0.2) is 24.3 Å². The van der Waals surface area contributed by atoms with E-state index in [1.54, 1.807) is 0 Å². The van der Waals surface area contributed by atoms with Gasteiger partial charge in [-0.05, 0) is 77.1 Å². The fourth-order valence-corrected chi connectivity index (χ4v) is 2.56. The van der Waals surface area contributed by atoms with Crippen molar-refractivity contribution in [3.8, 4) is 0 Å². The van der Waals surface area contributed by atoms with Gasteiger partial charge in [-0.25, -0.2) is 0 Å². The van der Waals surface area contributed by atoms with Gasteiger partial charge in [0.05, 0.1) is 0 Å². The van der Waals surface area contributed by atoms with Gasteiger partial charge in [-0.1, -0.05) is 23.7 Å². The van der Waals surface area contributed by atoms with E-state index in [1.807, 2.05) is 19.1 Å². The van der Waals surface area contributed by atoms with E-state index >= 15 is 0 Å². The van der Waals surface area contributed by atoms with Gasteiger partial charge in [-0.3, -0.25) is 0 Å². The molecule has 1 atom stereocenters. The molecule has 0 amide bonds. The average Bonchev–Trinajstić information content (AvgIpc) is 2.40. The Morgan fingerprint density at radius 3 is 2.67 bits per heavy atom. The van der Waals surface area contributed by atoms with Crippen LogP contribution < -0.4 is 5.32 Å². The highest BCUT2D eigenvalue weighted by atomic mass is 35.5. The number of ether oxygens (including phenoxy) is 1. The van der Waals surface area contributed by atoms with E-state index in [4.69, 9.17) is 16.3 Å². The predicted octanol–water partition coefficient (Wildman–Crippen LogP) is 4.70. The lowest BCUT2D eigenvalue weighted by atomic mass is 9.93. The molecule has 1 unspecified atom stereocenters. The van der Waals surface area contributed by atoms with Gasteiger partial charge < -0.3 is 10.1 Å². The molecular formula is C18H30ClNO. The van der Waals surface area contributed by atoms with Crippen LogP contribution in [0.25, 0.3) is 0 Å². The van der Waals surface area contributed by atoms with Crippen LogP contribution in [0.2, 0.25) is 5.02 Å². The lowest BCUT2D eigenvalue weighted by Gasteiger charge is -2.25. The van der Waals surface area contributed by atoms with Crippen molar-refractivity contribution < 1.29 is 4.74 Å². The Balaban J connectivity index is 2.53. The van der Waals surface area contributed by atoms with Gasteiger partial charge in [0.1, 0.15) is 0 Å². The molecule has 0 aromatic heterocycles. The van der Waals surface area contributed by atoms with Crippen LogP contribution >= 0.6 is 11.6 Å². The normalized spacial score (nSPS) is 13.4. The van der Waals surface area contributed by atoms with Gasteiger partial charge in [0.25, 0.3) is 0 Å². The molecule has 0 saturated carbocycles. The largest absolute Gasteiger partial charge is 0.382 e. The first-order valence-electron chi connectivity index (χ1n) is 7.98. The van der Waals surface area contributed by atoms with Crippen molar-refractivity contribution in [1.29, 1.82) is 0 Å². The fourth-order valence-electron chi connectivity index (χ4n) is 2.34. The maximum atomic E-state index is 6.09. The minimum absolute atomic E-state index is 0.159. The molecule has 0 aliphatic rings. The van der Waals surface area contributed by atoms with E-state index in [1.165, 1.54) is 12.0 Å². The molecule has 0 bridgehead atoms. The van der Waals surface area contributed by atoms with Crippen molar-refractivity contribution in [3.63, 3.8) is 0 Å². The average molecular weight is 312 g/mol. The molecule has 0 heterocycles. The van der Waals surface area contributed by atoms with Gasteiger partial charge in [0, 0.05) is 23.8 Å². The molecule has 120 valence electrons. The number of nitrogens with one attached hydrogen (secondary N) is 1. The summed E-state index contributed by atoms with van der Waals surface area (Å²) in [6.07, 6.45) is 3.36. The molecule has 2 nitrogen and oxygen atoms in total. The highest BCUT2D eigenvalue weighted by molar-refractivity contribution is 6.30. The molecule has 0 spiro atoms. The van der Waals surface area contributed by atoms with Crippen LogP contribution in [-0.2, 0) is 11.2 Å². The van der Waals surface area contributed by atoms with Crippen LogP contribution in [0, 0.1) is 5.92 Å². The summed E-state index contributed by atoms with van der Waals surface area (Å²) in [5, 5.41) is 4.45. The fraction of sp³-hybridized carbons (Fsp3) is 0.667. The molecule has 3 heteroatoms. The predicted molar refractivity (Wildman–Crippen MR) is 92.1 cm³/mol. The van der Waals surface area contributed by atoms with Crippen LogP contribution in [0.3, 0.4) is 0 Å². The lowest BCUT2D eigenvalue weighted by molar-refractivity contribution is 0.138. The zero-order valence-electron chi connectivity index (χ0n) is 13.9. The molecular weight excluding hydrogens is 282 g/mol. The second-order valence-electron chi connectivity index (χ2n) is 6.67. The van der Waals surface area contributed by atoms with E-state index in [2.05, 4.69) is 38.2 Å². The summed E-state index contributed by atoms with van der Waals surface area (Å²) in [5.41, 5.74) is 1.48. The topological polar surface area (TPSA) is 21.3 Å². The van der Waals surface area contributed by atoms with E-state index in [-0.39, 0.29) is 5.54 Å². The van der Waals surface area contributed by atoms with Gasteiger partial charge in [0.2, 0.25) is 0 Å². The first-order chi connectivity index (χ1) is 9.90. The number of hydrogen-bond acceptors (Lipinski definition) is 2. The molecule has 0 radical (unpaired) electrons. The Hall–Kier alpha value is -0.570. The second-order valence-corrected chi connectivity index (χ2v) is 7.11. The molecule has 1 N–H and O–H groups in total. The van der Waals surface area contributed by atoms with Crippen molar-refractivity contribution in [2.75, 3.05) is 19.8 Å². The zero-order valence-corrected chi connectivity index (χ0v) is 14.7. The van der Waals surface area contributed by atoms with Crippen molar-refractivity contribution in [2.24, 2.45) is 5.92 Å². The molecule has 0 fully saturated rings. The number of halogens is 1. The number of rotatable bonds is 9. The molecule has 1 aromatic carbocycles. The van der Waals surface area contributed by atoms with E-state index < -0.39 is 0 Å². The Morgan fingerprint density at radius 2 is 2.05 bits per heavy atom. The Kier molecular flexibility index (Phi) is 8.31. The third-order valence-electron chi connectivity index (χ3n) is 3.44. The molecule has 0 aliphatic carbocycles. The summed E-state index contributed by atoms with van der Waals surface area (Å²) in [6.45, 7) is 11.4. The van der Waals surface area contributed by atoms with E-state index in [0.717, 1.165) is 37.6 Å². The summed E-state index contributed by atoms with van der Waals surface area (Å²) in [6, 6.07) is 8.21. The van der Waals surface area contributed by atoms with Gasteiger partial charge in [0.15, 0.2) is 0 Å². The summed E-state index contributed by atoms with van der Waals surface area (Å²) in [7, 11) is 0. The van der Waals surface area contributed by atoms with Gasteiger partial charge in [-0.2, -0.15) is 0 Å². The van der Waals surface area contributed by atoms with Gasteiger partial charge in [-0.15, -0.1) is 0 Å².